The SMILES string of the molecule is CC1(C(=O)N2CCN(C(=O)NC3CCCCC3)CC2)CC1(Cl)Cl. The van der Waals surface area contributed by atoms with Crippen LogP contribution in [0, 0.1) is 5.41 Å². The summed E-state index contributed by atoms with van der Waals surface area (Å²) in [5.74, 6) is 0.00911. The van der Waals surface area contributed by atoms with Crippen molar-refractivity contribution >= 4 is 35.1 Å². The summed E-state index contributed by atoms with van der Waals surface area (Å²) < 4.78 is -0.931. The van der Waals surface area contributed by atoms with Crippen LogP contribution in [0.1, 0.15) is 45.4 Å². The first-order valence-corrected chi connectivity index (χ1v) is 9.32. The van der Waals surface area contributed by atoms with Crippen LogP contribution in [0.5, 0.6) is 0 Å². The van der Waals surface area contributed by atoms with Crippen LogP contribution in [-0.2, 0) is 4.79 Å². The van der Waals surface area contributed by atoms with E-state index >= 15 is 0 Å². The number of carbonyl (C=O) groups excluding carboxylic acids is 2. The van der Waals surface area contributed by atoms with Crippen molar-refractivity contribution in [2.75, 3.05) is 26.2 Å². The molecule has 130 valence electrons. The number of halogens is 2. The van der Waals surface area contributed by atoms with Crippen molar-refractivity contribution in [1.29, 1.82) is 0 Å². The lowest BCUT2D eigenvalue weighted by Gasteiger charge is -2.37. The summed E-state index contributed by atoms with van der Waals surface area (Å²) in [6.45, 7) is 4.06. The van der Waals surface area contributed by atoms with Gasteiger partial charge in [0.25, 0.3) is 0 Å². The Morgan fingerprint density at radius 3 is 2.04 bits per heavy atom. The van der Waals surface area contributed by atoms with E-state index in [0.29, 0.717) is 38.6 Å². The molecule has 0 aromatic heterocycles. The number of nitrogens with zero attached hydrogens (tertiary/aromatic N) is 2. The van der Waals surface area contributed by atoms with Gasteiger partial charge in [-0.2, -0.15) is 0 Å². The summed E-state index contributed by atoms with van der Waals surface area (Å²) in [7, 11) is 0. The molecule has 1 N–H and O–H groups in total. The Labute approximate surface area is 147 Å². The highest BCUT2D eigenvalue weighted by Gasteiger charge is 2.68. The summed E-state index contributed by atoms with van der Waals surface area (Å²) in [5.41, 5.74) is -0.664. The Kier molecular flexibility index (Phi) is 4.71. The van der Waals surface area contributed by atoms with E-state index < -0.39 is 9.75 Å². The minimum Gasteiger partial charge on any atom is -0.339 e. The van der Waals surface area contributed by atoms with Crippen LogP contribution in [0.15, 0.2) is 0 Å². The van der Waals surface area contributed by atoms with Gasteiger partial charge in [-0.1, -0.05) is 19.3 Å². The van der Waals surface area contributed by atoms with Crippen molar-refractivity contribution in [2.45, 2.75) is 55.8 Å². The maximum Gasteiger partial charge on any atom is 0.317 e. The zero-order valence-corrected chi connectivity index (χ0v) is 15.1. The van der Waals surface area contributed by atoms with Crippen LogP contribution in [0.4, 0.5) is 4.79 Å². The molecule has 5 nitrogen and oxygen atoms in total. The molecular formula is C16H25Cl2N3O2. The van der Waals surface area contributed by atoms with Gasteiger partial charge in [0.15, 0.2) is 0 Å². The van der Waals surface area contributed by atoms with Crippen LogP contribution in [-0.4, -0.2) is 58.3 Å². The average molecular weight is 362 g/mol. The molecule has 0 radical (unpaired) electrons. The zero-order chi connectivity index (χ0) is 16.7. The van der Waals surface area contributed by atoms with Crippen LogP contribution in [0.25, 0.3) is 0 Å². The third-order valence-electron chi connectivity index (χ3n) is 5.52. The predicted molar refractivity (Wildman–Crippen MR) is 90.7 cm³/mol. The smallest absolute Gasteiger partial charge is 0.317 e. The van der Waals surface area contributed by atoms with Crippen LogP contribution >= 0.6 is 23.2 Å². The molecular weight excluding hydrogens is 337 g/mol. The fourth-order valence-corrected chi connectivity index (χ4v) is 4.30. The van der Waals surface area contributed by atoms with E-state index in [0.717, 1.165) is 12.8 Å². The van der Waals surface area contributed by atoms with Crippen LogP contribution < -0.4 is 5.32 Å². The van der Waals surface area contributed by atoms with Gasteiger partial charge >= 0.3 is 6.03 Å². The lowest BCUT2D eigenvalue weighted by molar-refractivity contribution is -0.137. The number of carbonyl (C=O) groups is 2. The maximum absolute atomic E-state index is 12.5. The van der Waals surface area contributed by atoms with Gasteiger partial charge in [-0.15, -0.1) is 23.2 Å². The summed E-state index contributed by atoms with van der Waals surface area (Å²) in [4.78, 5) is 28.4. The fraction of sp³-hybridized carbons (Fsp3) is 0.875. The number of urea groups is 1. The second kappa shape index (κ2) is 6.32. The molecule has 2 saturated carbocycles. The molecule has 1 aliphatic heterocycles. The largest absolute Gasteiger partial charge is 0.339 e. The van der Waals surface area contributed by atoms with Gasteiger partial charge in [0.2, 0.25) is 5.91 Å². The first-order chi connectivity index (χ1) is 10.8. The minimum absolute atomic E-state index is 0.00525. The number of rotatable bonds is 2. The highest BCUT2D eigenvalue weighted by Crippen LogP contribution is 2.64. The van der Waals surface area contributed by atoms with Crippen molar-refractivity contribution < 1.29 is 9.59 Å². The molecule has 3 aliphatic rings. The standard InChI is InChI=1S/C16H25Cl2N3O2/c1-15(11-16(15,17)18)13(22)20-7-9-21(10-8-20)14(23)19-12-5-3-2-4-6-12/h12H,2-11H2,1H3,(H,19,23). The Hall–Kier alpha value is -0.680. The van der Waals surface area contributed by atoms with Crippen molar-refractivity contribution in [3.63, 3.8) is 0 Å². The lowest BCUT2D eigenvalue weighted by atomic mass is 9.96. The second-order valence-electron chi connectivity index (χ2n) is 7.28. The quantitative estimate of drug-likeness (QED) is 0.768. The first kappa shape index (κ1) is 17.2. The third kappa shape index (κ3) is 3.41. The number of piperazine rings is 1. The Morgan fingerprint density at radius 1 is 1.00 bits per heavy atom. The topological polar surface area (TPSA) is 52.7 Å². The molecule has 23 heavy (non-hydrogen) atoms. The van der Waals surface area contributed by atoms with E-state index in [1.165, 1.54) is 19.3 Å². The van der Waals surface area contributed by atoms with E-state index in [1.54, 1.807) is 4.90 Å². The first-order valence-electron chi connectivity index (χ1n) is 8.56. The third-order valence-corrected chi connectivity index (χ3v) is 6.62. The van der Waals surface area contributed by atoms with Gasteiger partial charge in [-0.3, -0.25) is 4.79 Å². The fourth-order valence-electron chi connectivity index (χ4n) is 3.61. The number of alkyl halides is 2. The van der Waals surface area contributed by atoms with E-state index in [9.17, 15) is 9.59 Å². The predicted octanol–water partition coefficient (Wildman–Crippen LogP) is 2.76. The molecule has 1 saturated heterocycles. The number of amides is 3. The normalized spacial score (nSPS) is 30.9. The van der Waals surface area contributed by atoms with Gasteiger partial charge in [0.1, 0.15) is 4.33 Å². The molecule has 3 amide bonds. The Morgan fingerprint density at radius 2 is 1.52 bits per heavy atom. The van der Waals surface area contributed by atoms with Crippen molar-refractivity contribution in [2.24, 2.45) is 5.41 Å². The zero-order valence-electron chi connectivity index (χ0n) is 13.6. The van der Waals surface area contributed by atoms with E-state index in [-0.39, 0.29) is 11.9 Å². The summed E-state index contributed by atoms with van der Waals surface area (Å²) >= 11 is 12.2. The monoisotopic (exact) mass is 361 g/mol. The molecule has 7 heteroatoms. The Bertz CT molecular complexity index is 486. The number of nitrogens with one attached hydrogen (secondary N) is 1. The maximum atomic E-state index is 12.5. The molecule has 0 aromatic rings. The average Bonchev–Trinajstić information content (AvgIpc) is 3.07. The van der Waals surface area contributed by atoms with Gasteiger partial charge in [0, 0.05) is 32.2 Å². The molecule has 1 atom stereocenters. The van der Waals surface area contributed by atoms with Crippen LogP contribution in [0.3, 0.4) is 0 Å². The lowest BCUT2D eigenvalue weighted by Crippen LogP contribution is -2.55. The van der Waals surface area contributed by atoms with Crippen LogP contribution in [0.2, 0.25) is 0 Å². The summed E-state index contributed by atoms with van der Waals surface area (Å²) in [5, 5.41) is 3.13. The van der Waals surface area contributed by atoms with E-state index in [1.807, 2.05) is 11.8 Å². The van der Waals surface area contributed by atoms with E-state index in [2.05, 4.69) is 5.32 Å². The van der Waals surface area contributed by atoms with Gasteiger partial charge in [0.05, 0.1) is 5.41 Å². The van der Waals surface area contributed by atoms with Gasteiger partial charge < -0.3 is 15.1 Å². The molecule has 3 fully saturated rings. The van der Waals surface area contributed by atoms with Crippen molar-refractivity contribution in [3.05, 3.63) is 0 Å². The molecule has 0 aromatic carbocycles. The molecule has 0 bridgehead atoms. The molecule has 1 unspecified atom stereocenters. The van der Waals surface area contributed by atoms with Gasteiger partial charge in [-0.05, 0) is 26.2 Å². The summed E-state index contributed by atoms with van der Waals surface area (Å²) in [6.07, 6.45) is 6.33. The highest BCUT2D eigenvalue weighted by atomic mass is 35.5. The molecule has 1 heterocycles. The van der Waals surface area contributed by atoms with Crippen molar-refractivity contribution in [3.8, 4) is 0 Å². The molecule has 2 aliphatic carbocycles. The highest BCUT2D eigenvalue weighted by molar-refractivity contribution is 6.53. The molecule has 3 rings (SSSR count). The number of hydrogen-bond acceptors (Lipinski definition) is 2. The molecule has 0 spiro atoms. The summed E-state index contributed by atoms with van der Waals surface area (Å²) in [6, 6.07) is 0.320. The second-order valence-corrected chi connectivity index (χ2v) is 8.76. The minimum atomic E-state index is -0.931. The Balaban J connectivity index is 1.46. The van der Waals surface area contributed by atoms with Gasteiger partial charge in [-0.25, -0.2) is 4.79 Å². The van der Waals surface area contributed by atoms with Crippen molar-refractivity contribution in [1.82, 2.24) is 15.1 Å². The number of hydrogen-bond donors (Lipinski definition) is 1. The van der Waals surface area contributed by atoms with E-state index in [4.69, 9.17) is 23.2 Å².